The number of nitrogens with two attached hydrogens (primary N) is 1. The summed E-state index contributed by atoms with van der Waals surface area (Å²) in [6, 6.07) is 10.5. The molecule has 1 aliphatic heterocycles. The average Bonchev–Trinajstić information content (AvgIpc) is 3.05. The first-order valence-corrected chi connectivity index (χ1v) is 9.98. The van der Waals surface area contributed by atoms with E-state index in [1.807, 2.05) is 23.1 Å². The molecule has 1 aliphatic carbocycles. The smallest absolute Gasteiger partial charge is 0.222 e. The van der Waals surface area contributed by atoms with Gasteiger partial charge in [0.25, 0.3) is 0 Å². The van der Waals surface area contributed by atoms with E-state index in [-0.39, 0.29) is 36.3 Å². The predicted molar refractivity (Wildman–Crippen MR) is 110 cm³/mol. The fraction of sp³-hybridized carbons (Fsp3) is 0.619. The van der Waals surface area contributed by atoms with Crippen LogP contribution in [0.25, 0.3) is 0 Å². The Bertz CT molecular complexity index is 603. The van der Waals surface area contributed by atoms with Crippen molar-refractivity contribution in [2.24, 2.45) is 11.7 Å². The van der Waals surface area contributed by atoms with Gasteiger partial charge in [-0.15, -0.1) is 12.4 Å². The maximum absolute atomic E-state index is 12.4. The summed E-state index contributed by atoms with van der Waals surface area (Å²) in [6.45, 7) is 1.48. The van der Waals surface area contributed by atoms with E-state index >= 15 is 0 Å². The average molecular weight is 394 g/mol. The van der Waals surface area contributed by atoms with Crippen LogP contribution in [0.2, 0.25) is 0 Å². The molecule has 2 atom stereocenters. The molecule has 0 aromatic heterocycles. The van der Waals surface area contributed by atoms with Gasteiger partial charge in [0.2, 0.25) is 11.8 Å². The van der Waals surface area contributed by atoms with E-state index in [0.717, 1.165) is 51.6 Å². The molecule has 6 heteroatoms. The first kappa shape index (κ1) is 21.7. The van der Waals surface area contributed by atoms with Crippen LogP contribution >= 0.6 is 12.4 Å². The Balaban J connectivity index is 0.00000261. The van der Waals surface area contributed by atoms with E-state index in [1.54, 1.807) is 0 Å². The predicted octanol–water partition coefficient (Wildman–Crippen LogP) is 2.67. The van der Waals surface area contributed by atoms with Crippen LogP contribution in [0.4, 0.5) is 0 Å². The topological polar surface area (TPSA) is 75.4 Å². The third-order valence-electron chi connectivity index (χ3n) is 5.85. The lowest BCUT2D eigenvalue weighted by Gasteiger charge is -2.32. The number of amides is 2. The van der Waals surface area contributed by atoms with Crippen LogP contribution in [0.5, 0.6) is 0 Å². The number of likely N-dealkylation sites (tertiary alicyclic amines) is 1. The Hall–Kier alpha value is -1.59. The number of carbonyl (C=O) groups is 2. The highest BCUT2D eigenvalue weighted by molar-refractivity contribution is 5.85. The van der Waals surface area contributed by atoms with Crippen LogP contribution in [-0.4, -0.2) is 41.9 Å². The molecule has 150 valence electrons. The number of hydrogen-bond acceptors (Lipinski definition) is 3. The highest BCUT2D eigenvalue weighted by Crippen LogP contribution is 2.26. The second-order valence-corrected chi connectivity index (χ2v) is 7.77. The van der Waals surface area contributed by atoms with Crippen molar-refractivity contribution in [3.8, 4) is 0 Å². The summed E-state index contributed by atoms with van der Waals surface area (Å²) in [7, 11) is 0. The van der Waals surface area contributed by atoms with Gasteiger partial charge >= 0.3 is 0 Å². The molecular formula is C21H32ClN3O2. The number of aryl methyl sites for hydroxylation is 1. The zero-order valence-electron chi connectivity index (χ0n) is 15.9. The number of nitrogens with zero attached hydrogens (tertiary/aromatic N) is 1. The fourth-order valence-corrected chi connectivity index (χ4v) is 4.17. The molecule has 2 fully saturated rings. The molecule has 0 bridgehead atoms. The van der Waals surface area contributed by atoms with Gasteiger partial charge in [-0.2, -0.15) is 0 Å². The highest BCUT2D eigenvalue weighted by Gasteiger charge is 2.28. The molecule has 3 rings (SSSR count). The zero-order chi connectivity index (χ0) is 18.4. The van der Waals surface area contributed by atoms with Gasteiger partial charge in [0, 0.05) is 38.0 Å². The normalized spacial score (nSPS) is 22.9. The van der Waals surface area contributed by atoms with E-state index in [4.69, 9.17) is 5.73 Å². The summed E-state index contributed by atoms with van der Waals surface area (Å²) in [5.41, 5.74) is 7.26. The van der Waals surface area contributed by atoms with Crippen molar-refractivity contribution in [1.82, 2.24) is 10.2 Å². The molecule has 1 aromatic rings. The number of rotatable bonds is 6. The molecule has 5 nitrogen and oxygen atoms in total. The van der Waals surface area contributed by atoms with Gasteiger partial charge in [-0.25, -0.2) is 0 Å². The maximum Gasteiger partial charge on any atom is 0.222 e. The van der Waals surface area contributed by atoms with Crippen LogP contribution in [0.1, 0.15) is 50.5 Å². The lowest BCUT2D eigenvalue weighted by Crippen LogP contribution is -2.47. The monoisotopic (exact) mass is 393 g/mol. The van der Waals surface area contributed by atoms with Crippen LogP contribution in [0.15, 0.2) is 30.3 Å². The Morgan fingerprint density at radius 2 is 1.78 bits per heavy atom. The standard InChI is InChI=1S/C21H31N3O2.ClH/c22-19-8-4-7-17(19)15-20(25)23-18-11-13-24(14-12-18)21(26)10-9-16-5-2-1-3-6-16;/h1-3,5-6,17-19H,4,7-15,22H2,(H,23,25);1H/t17-,19+;/m0./s1. The number of carbonyl (C=O) groups excluding carboxylic acids is 2. The third-order valence-corrected chi connectivity index (χ3v) is 5.85. The minimum atomic E-state index is 0. The first-order valence-electron chi connectivity index (χ1n) is 9.98. The zero-order valence-corrected chi connectivity index (χ0v) is 16.8. The SMILES string of the molecule is Cl.N[C@@H]1CCC[C@H]1CC(=O)NC1CCN(C(=O)CCc2ccccc2)CC1. The molecule has 0 radical (unpaired) electrons. The Morgan fingerprint density at radius 1 is 1.07 bits per heavy atom. The molecule has 1 saturated carbocycles. The van der Waals surface area contributed by atoms with Gasteiger partial charge in [-0.3, -0.25) is 9.59 Å². The first-order chi connectivity index (χ1) is 12.6. The molecule has 27 heavy (non-hydrogen) atoms. The summed E-state index contributed by atoms with van der Waals surface area (Å²) in [4.78, 5) is 26.6. The van der Waals surface area contributed by atoms with Gasteiger partial charge < -0.3 is 16.0 Å². The van der Waals surface area contributed by atoms with Crippen molar-refractivity contribution in [2.75, 3.05) is 13.1 Å². The summed E-state index contributed by atoms with van der Waals surface area (Å²) >= 11 is 0. The number of halogens is 1. The molecule has 2 amide bonds. The van der Waals surface area contributed by atoms with Gasteiger partial charge in [-0.05, 0) is 43.6 Å². The Kier molecular flexibility index (Phi) is 8.58. The number of hydrogen-bond donors (Lipinski definition) is 2. The van der Waals surface area contributed by atoms with Crippen molar-refractivity contribution >= 4 is 24.2 Å². The summed E-state index contributed by atoms with van der Waals surface area (Å²) in [5, 5.41) is 3.15. The lowest BCUT2D eigenvalue weighted by atomic mass is 9.98. The molecule has 2 aliphatic rings. The van der Waals surface area contributed by atoms with Crippen molar-refractivity contribution in [2.45, 2.75) is 63.5 Å². The fourth-order valence-electron chi connectivity index (χ4n) is 4.17. The third kappa shape index (κ3) is 6.51. The van der Waals surface area contributed by atoms with Gasteiger partial charge in [0.1, 0.15) is 0 Å². The van der Waals surface area contributed by atoms with Gasteiger partial charge in [-0.1, -0.05) is 36.8 Å². The summed E-state index contributed by atoms with van der Waals surface area (Å²) in [5.74, 6) is 0.686. The van der Waals surface area contributed by atoms with Crippen molar-refractivity contribution < 1.29 is 9.59 Å². The van der Waals surface area contributed by atoms with E-state index in [2.05, 4.69) is 17.4 Å². The maximum atomic E-state index is 12.4. The van der Waals surface area contributed by atoms with E-state index < -0.39 is 0 Å². The minimum absolute atomic E-state index is 0. The second-order valence-electron chi connectivity index (χ2n) is 7.77. The lowest BCUT2D eigenvalue weighted by molar-refractivity contribution is -0.132. The van der Waals surface area contributed by atoms with Crippen LogP contribution < -0.4 is 11.1 Å². The molecule has 1 heterocycles. The second kappa shape index (κ2) is 10.7. The van der Waals surface area contributed by atoms with Crippen molar-refractivity contribution in [3.63, 3.8) is 0 Å². The molecular weight excluding hydrogens is 362 g/mol. The molecule has 3 N–H and O–H groups in total. The van der Waals surface area contributed by atoms with Crippen LogP contribution in [0, 0.1) is 5.92 Å². The Labute approximate surface area is 168 Å². The molecule has 1 aromatic carbocycles. The quantitative estimate of drug-likeness (QED) is 0.780. The number of nitrogens with one attached hydrogen (secondary N) is 1. The van der Waals surface area contributed by atoms with Crippen LogP contribution in [-0.2, 0) is 16.0 Å². The minimum Gasteiger partial charge on any atom is -0.353 e. The van der Waals surface area contributed by atoms with Crippen LogP contribution in [0.3, 0.4) is 0 Å². The largest absolute Gasteiger partial charge is 0.353 e. The van der Waals surface area contributed by atoms with Crippen molar-refractivity contribution in [1.29, 1.82) is 0 Å². The summed E-state index contributed by atoms with van der Waals surface area (Å²) < 4.78 is 0. The van der Waals surface area contributed by atoms with Crippen molar-refractivity contribution in [3.05, 3.63) is 35.9 Å². The summed E-state index contributed by atoms with van der Waals surface area (Å²) in [6.07, 6.45) is 6.85. The molecule has 0 spiro atoms. The van der Waals surface area contributed by atoms with Gasteiger partial charge in [0.15, 0.2) is 0 Å². The number of piperidine rings is 1. The van der Waals surface area contributed by atoms with E-state index in [1.165, 1.54) is 5.56 Å². The Morgan fingerprint density at radius 3 is 2.41 bits per heavy atom. The van der Waals surface area contributed by atoms with E-state index in [9.17, 15) is 9.59 Å². The molecule has 1 saturated heterocycles. The van der Waals surface area contributed by atoms with E-state index in [0.29, 0.717) is 18.8 Å². The highest BCUT2D eigenvalue weighted by atomic mass is 35.5. The molecule has 0 unspecified atom stereocenters. The van der Waals surface area contributed by atoms with Gasteiger partial charge in [0.05, 0.1) is 0 Å². The number of benzene rings is 1.